The number of nitrogens with zero attached hydrogens (tertiary/aromatic N) is 2. The van der Waals surface area contributed by atoms with Crippen molar-refractivity contribution in [1.29, 1.82) is 0 Å². The molecule has 2 aromatic carbocycles. The van der Waals surface area contributed by atoms with Crippen LogP contribution in [0.5, 0.6) is 11.5 Å². The zero-order valence-corrected chi connectivity index (χ0v) is 18.3. The van der Waals surface area contributed by atoms with Crippen molar-refractivity contribution in [3.8, 4) is 17.2 Å². The molecule has 1 unspecified atom stereocenters. The van der Waals surface area contributed by atoms with E-state index in [0.717, 1.165) is 27.9 Å². The molecule has 0 saturated carbocycles. The van der Waals surface area contributed by atoms with Gasteiger partial charge in [-0.3, -0.25) is 9.59 Å². The second-order valence-corrected chi connectivity index (χ2v) is 7.78. The quantitative estimate of drug-likeness (QED) is 0.594. The fourth-order valence-electron chi connectivity index (χ4n) is 3.94. The number of fused-ring (bicyclic) bond motifs is 1. The zero-order chi connectivity index (χ0) is 22.8. The normalized spacial score (nSPS) is 15.1. The number of aryl methyl sites for hydroxylation is 1. The maximum atomic E-state index is 12.6. The van der Waals surface area contributed by atoms with Crippen LogP contribution in [0, 0.1) is 13.8 Å². The van der Waals surface area contributed by atoms with Crippen LogP contribution in [-0.2, 0) is 9.59 Å². The lowest BCUT2D eigenvalue weighted by molar-refractivity contribution is -0.120. The molecule has 0 bridgehead atoms. The first-order valence-corrected chi connectivity index (χ1v) is 10.5. The number of amides is 2. The van der Waals surface area contributed by atoms with Gasteiger partial charge in [-0.1, -0.05) is 18.2 Å². The SMILES string of the molecule is CCOc1cc(C2CC(=O)Nc3c2cnn3-c2cccc(C)c2C)ccc1OCC(N)=O. The van der Waals surface area contributed by atoms with Crippen LogP contribution in [0.3, 0.4) is 0 Å². The number of rotatable bonds is 7. The zero-order valence-electron chi connectivity index (χ0n) is 18.3. The average molecular weight is 434 g/mol. The van der Waals surface area contributed by atoms with Crippen LogP contribution in [0.15, 0.2) is 42.6 Å². The van der Waals surface area contributed by atoms with Gasteiger partial charge >= 0.3 is 0 Å². The molecule has 3 aromatic rings. The van der Waals surface area contributed by atoms with Gasteiger partial charge < -0.3 is 20.5 Å². The maximum Gasteiger partial charge on any atom is 0.255 e. The Balaban J connectivity index is 1.74. The van der Waals surface area contributed by atoms with Gasteiger partial charge in [0.05, 0.1) is 18.5 Å². The molecule has 1 aliphatic heterocycles. The van der Waals surface area contributed by atoms with Crippen molar-refractivity contribution in [2.75, 3.05) is 18.5 Å². The molecule has 1 aliphatic rings. The smallest absolute Gasteiger partial charge is 0.255 e. The lowest BCUT2D eigenvalue weighted by Gasteiger charge is -2.25. The van der Waals surface area contributed by atoms with Gasteiger partial charge in [-0.2, -0.15) is 5.10 Å². The molecule has 2 amide bonds. The summed E-state index contributed by atoms with van der Waals surface area (Å²) in [7, 11) is 0. The van der Waals surface area contributed by atoms with Crippen LogP contribution in [0.25, 0.3) is 5.69 Å². The summed E-state index contributed by atoms with van der Waals surface area (Å²) in [5.74, 6) is 0.765. The van der Waals surface area contributed by atoms with Gasteiger partial charge in [0.2, 0.25) is 5.91 Å². The Labute approximate surface area is 186 Å². The standard InChI is InChI=1S/C24H26N4O4/c1-4-31-21-10-16(8-9-20(21)32-13-22(25)29)17-11-23(30)27-24-18(17)12-26-28(24)19-7-5-6-14(2)15(19)3/h5-10,12,17H,4,11,13H2,1-3H3,(H2,25,29)(H,27,30). The molecule has 0 saturated heterocycles. The molecule has 0 spiro atoms. The van der Waals surface area contributed by atoms with Crippen molar-refractivity contribution in [2.24, 2.45) is 5.73 Å². The first-order valence-electron chi connectivity index (χ1n) is 10.5. The number of ether oxygens (including phenoxy) is 2. The van der Waals surface area contributed by atoms with Crippen LogP contribution < -0.4 is 20.5 Å². The number of carbonyl (C=O) groups excluding carboxylic acids is 2. The predicted molar refractivity (Wildman–Crippen MR) is 120 cm³/mol. The molecule has 8 nitrogen and oxygen atoms in total. The van der Waals surface area contributed by atoms with Gasteiger partial charge in [0.1, 0.15) is 5.82 Å². The van der Waals surface area contributed by atoms with E-state index < -0.39 is 5.91 Å². The van der Waals surface area contributed by atoms with E-state index in [9.17, 15) is 9.59 Å². The Morgan fingerprint density at radius 1 is 1.22 bits per heavy atom. The summed E-state index contributed by atoms with van der Waals surface area (Å²) in [4.78, 5) is 23.7. The van der Waals surface area contributed by atoms with E-state index in [2.05, 4.69) is 10.4 Å². The molecule has 1 aromatic heterocycles. The summed E-state index contributed by atoms with van der Waals surface area (Å²) >= 11 is 0. The van der Waals surface area contributed by atoms with E-state index in [-0.39, 0.29) is 18.4 Å². The van der Waals surface area contributed by atoms with Crippen molar-refractivity contribution in [3.63, 3.8) is 0 Å². The molecule has 3 N–H and O–H groups in total. The molecule has 0 aliphatic carbocycles. The number of primary amides is 1. The third-order valence-electron chi connectivity index (χ3n) is 5.66. The maximum absolute atomic E-state index is 12.6. The van der Waals surface area contributed by atoms with Gasteiger partial charge in [0.15, 0.2) is 18.1 Å². The monoisotopic (exact) mass is 434 g/mol. The first kappa shape index (κ1) is 21.4. The third-order valence-corrected chi connectivity index (χ3v) is 5.66. The first-order chi connectivity index (χ1) is 15.4. The summed E-state index contributed by atoms with van der Waals surface area (Å²) in [5.41, 5.74) is 10.2. The van der Waals surface area contributed by atoms with Crippen LogP contribution in [-0.4, -0.2) is 34.8 Å². The number of hydrogen-bond donors (Lipinski definition) is 2. The minimum atomic E-state index is -0.566. The van der Waals surface area contributed by atoms with Gasteiger partial charge in [-0.25, -0.2) is 4.68 Å². The molecular formula is C24H26N4O4. The van der Waals surface area contributed by atoms with E-state index in [4.69, 9.17) is 15.2 Å². The van der Waals surface area contributed by atoms with E-state index >= 15 is 0 Å². The Morgan fingerprint density at radius 2 is 2.03 bits per heavy atom. The highest BCUT2D eigenvalue weighted by atomic mass is 16.5. The molecule has 0 radical (unpaired) electrons. The highest BCUT2D eigenvalue weighted by molar-refractivity contribution is 5.94. The fourth-order valence-corrected chi connectivity index (χ4v) is 3.94. The van der Waals surface area contributed by atoms with E-state index in [1.807, 2.05) is 51.1 Å². The topological polar surface area (TPSA) is 108 Å². The van der Waals surface area contributed by atoms with Gasteiger partial charge in [0, 0.05) is 17.9 Å². The lowest BCUT2D eigenvalue weighted by Crippen LogP contribution is -2.25. The molecule has 4 rings (SSSR count). The number of hydrogen-bond acceptors (Lipinski definition) is 5. The van der Waals surface area contributed by atoms with Gasteiger partial charge in [-0.15, -0.1) is 0 Å². The Hall–Kier alpha value is -3.81. The summed E-state index contributed by atoms with van der Waals surface area (Å²) in [6, 6.07) is 11.5. The number of anilines is 1. The van der Waals surface area contributed by atoms with Crippen molar-refractivity contribution >= 4 is 17.6 Å². The molecule has 32 heavy (non-hydrogen) atoms. The van der Waals surface area contributed by atoms with E-state index in [1.165, 1.54) is 0 Å². The molecule has 1 atom stereocenters. The minimum absolute atomic E-state index is 0.0819. The predicted octanol–water partition coefficient (Wildman–Crippen LogP) is 3.23. The van der Waals surface area contributed by atoms with Crippen molar-refractivity contribution in [3.05, 3.63) is 64.8 Å². The minimum Gasteiger partial charge on any atom is -0.490 e. The Bertz CT molecular complexity index is 1180. The van der Waals surface area contributed by atoms with E-state index in [1.54, 1.807) is 16.9 Å². The highest BCUT2D eigenvalue weighted by Gasteiger charge is 2.31. The van der Waals surface area contributed by atoms with Crippen molar-refractivity contribution in [1.82, 2.24) is 9.78 Å². The second-order valence-electron chi connectivity index (χ2n) is 7.78. The molecule has 8 heteroatoms. The number of nitrogens with two attached hydrogens (primary N) is 1. The lowest BCUT2D eigenvalue weighted by atomic mass is 9.87. The van der Waals surface area contributed by atoms with Crippen LogP contribution in [0.2, 0.25) is 0 Å². The summed E-state index contributed by atoms with van der Waals surface area (Å²) in [6.07, 6.45) is 2.09. The van der Waals surface area contributed by atoms with Crippen LogP contribution in [0.1, 0.15) is 41.5 Å². The summed E-state index contributed by atoms with van der Waals surface area (Å²) in [5, 5.41) is 7.59. The number of aromatic nitrogens is 2. The van der Waals surface area contributed by atoms with E-state index in [0.29, 0.717) is 30.3 Å². The van der Waals surface area contributed by atoms with Crippen molar-refractivity contribution < 1.29 is 19.1 Å². The Morgan fingerprint density at radius 3 is 2.78 bits per heavy atom. The largest absolute Gasteiger partial charge is 0.490 e. The number of benzene rings is 2. The van der Waals surface area contributed by atoms with Crippen molar-refractivity contribution in [2.45, 2.75) is 33.1 Å². The molecular weight excluding hydrogens is 408 g/mol. The molecule has 0 fully saturated rings. The summed E-state index contributed by atoms with van der Waals surface area (Å²) < 4.78 is 13.0. The average Bonchev–Trinajstić information content (AvgIpc) is 3.17. The fraction of sp³-hybridized carbons (Fsp3) is 0.292. The summed E-state index contributed by atoms with van der Waals surface area (Å²) in [6.45, 7) is 6.15. The second kappa shape index (κ2) is 8.74. The number of nitrogens with one attached hydrogen (secondary N) is 1. The highest BCUT2D eigenvalue weighted by Crippen LogP contribution is 2.41. The Kier molecular flexibility index (Phi) is 5.85. The van der Waals surface area contributed by atoms with Crippen LogP contribution in [0.4, 0.5) is 5.82 Å². The number of carbonyl (C=O) groups is 2. The third kappa shape index (κ3) is 4.03. The van der Waals surface area contributed by atoms with Crippen LogP contribution >= 0.6 is 0 Å². The molecule has 2 heterocycles. The molecule has 166 valence electrons. The van der Waals surface area contributed by atoms with Gasteiger partial charge in [0.25, 0.3) is 5.91 Å². The van der Waals surface area contributed by atoms with Gasteiger partial charge in [-0.05, 0) is 55.7 Å².